The summed E-state index contributed by atoms with van der Waals surface area (Å²) in [7, 11) is 1.90. The van der Waals surface area contributed by atoms with Crippen molar-refractivity contribution in [1.82, 2.24) is 24.2 Å². The maximum absolute atomic E-state index is 13.0. The van der Waals surface area contributed by atoms with Gasteiger partial charge >= 0.3 is 0 Å². The van der Waals surface area contributed by atoms with Crippen LogP contribution in [0.1, 0.15) is 16.2 Å². The molecule has 0 saturated heterocycles. The number of aromatic nitrogens is 4. The normalized spacial score (nSPS) is 16.8. The van der Waals surface area contributed by atoms with Crippen LogP contribution in [0.2, 0.25) is 0 Å². The van der Waals surface area contributed by atoms with Crippen molar-refractivity contribution in [3.05, 3.63) is 66.4 Å². The molecule has 0 bridgehead atoms. The fourth-order valence-corrected chi connectivity index (χ4v) is 3.38. The summed E-state index contributed by atoms with van der Waals surface area (Å²) < 4.78 is 3.87. The summed E-state index contributed by atoms with van der Waals surface area (Å²) in [5.74, 6) is 1.13. The minimum atomic E-state index is 0.0509. The zero-order valence-corrected chi connectivity index (χ0v) is 14.7. The molecule has 7 nitrogen and oxygen atoms in total. The third-order valence-corrected chi connectivity index (χ3v) is 4.75. The number of hydrogen-bond acceptors (Lipinski definition) is 4. The molecule has 1 amide bonds. The lowest BCUT2D eigenvalue weighted by Crippen LogP contribution is -2.36. The van der Waals surface area contributed by atoms with Crippen LogP contribution in [0.3, 0.4) is 0 Å². The molecule has 1 atom stereocenters. The molecule has 0 spiro atoms. The number of carbonyl (C=O) groups excluding carboxylic acids is 1. The zero-order chi connectivity index (χ0) is 17.9. The predicted molar refractivity (Wildman–Crippen MR) is 98.6 cm³/mol. The van der Waals surface area contributed by atoms with Gasteiger partial charge < -0.3 is 14.8 Å². The Morgan fingerprint density at radius 1 is 1.19 bits per heavy atom. The number of fused-ring (bicyclic) bond motifs is 1. The van der Waals surface area contributed by atoms with Gasteiger partial charge in [-0.25, -0.2) is 4.98 Å². The van der Waals surface area contributed by atoms with E-state index in [0.29, 0.717) is 18.8 Å². The first-order valence-electron chi connectivity index (χ1n) is 8.77. The summed E-state index contributed by atoms with van der Waals surface area (Å²) in [6.45, 7) is 2.75. The standard InChI is InChI=1S/C19H22N6O/c1-23-10-4-5-17(23)19(26)24-12-15(11-21-18-6-2-3-8-20-18)13-25-16(14-24)7-9-22-25/h2-10,15H,11-14H2,1H3,(H,20,21)/t15-/m1/s1. The van der Waals surface area contributed by atoms with E-state index in [-0.39, 0.29) is 11.8 Å². The number of aryl methyl sites for hydroxylation is 1. The molecule has 0 aromatic carbocycles. The lowest BCUT2D eigenvalue weighted by Gasteiger charge is -2.24. The van der Waals surface area contributed by atoms with Gasteiger partial charge in [-0.3, -0.25) is 9.48 Å². The second-order valence-electron chi connectivity index (χ2n) is 6.66. The Bertz CT molecular complexity index is 884. The fourth-order valence-electron chi connectivity index (χ4n) is 3.38. The maximum atomic E-state index is 13.0. The highest BCUT2D eigenvalue weighted by atomic mass is 16.2. The van der Waals surface area contributed by atoms with E-state index in [4.69, 9.17) is 0 Å². The molecule has 134 valence electrons. The molecule has 0 saturated carbocycles. The number of hydrogen-bond donors (Lipinski definition) is 1. The predicted octanol–water partition coefficient (Wildman–Crippen LogP) is 2.00. The molecule has 7 heteroatoms. The van der Waals surface area contributed by atoms with Crippen LogP contribution in [0.15, 0.2) is 55.0 Å². The molecule has 0 radical (unpaired) electrons. The summed E-state index contributed by atoms with van der Waals surface area (Å²) in [6.07, 6.45) is 5.47. The third kappa shape index (κ3) is 3.33. The van der Waals surface area contributed by atoms with Gasteiger partial charge in [-0.05, 0) is 30.3 Å². The van der Waals surface area contributed by atoms with Gasteiger partial charge in [0.05, 0.1) is 12.2 Å². The Kier molecular flexibility index (Phi) is 4.43. The molecule has 1 N–H and O–H groups in total. The van der Waals surface area contributed by atoms with Crippen LogP contribution >= 0.6 is 0 Å². The average molecular weight is 350 g/mol. The van der Waals surface area contributed by atoms with Crippen molar-refractivity contribution >= 4 is 11.7 Å². The monoisotopic (exact) mass is 350 g/mol. The van der Waals surface area contributed by atoms with Crippen LogP contribution in [0.25, 0.3) is 0 Å². The van der Waals surface area contributed by atoms with Gasteiger partial charge in [-0.2, -0.15) is 5.10 Å². The van der Waals surface area contributed by atoms with Crippen molar-refractivity contribution < 1.29 is 4.79 Å². The number of pyridine rings is 1. The zero-order valence-electron chi connectivity index (χ0n) is 14.7. The van der Waals surface area contributed by atoms with E-state index < -0.39 is 0 Å². The lowest BCUT2D eigenvalue weighted by molar-refractivity contribution is 0.0714. The van der Waals surface area contributed by atoms with E-state index in [9.17, 15) is 4.79 Å². The molecule has 4 rings (SSSR count). The molecule has 0 fully saturated rings. The van der Waals surface area contributed by atoms with E-state index in [2.05, 4.69) is 15.4 Å². The summed E-state index contributed by atoms with van der Waals surface area (Å²) in [5.41, 5.74) is 1.77. The van der Waals surface area contributed by atoms with Gasteiger partial charge in [0, 0.05) is 51.2 Å². The minimum Gasteiger partial charge on any atom is -0.370 e. The van der Waals surface area contributed by atoms with Crippen LogP contribution in [0.5, 0.6) is 0 Å². The summed E-state index contributed by atoms with van der Waals surface area (Å²) in [5, 5.41) is 7.80. The summed E-state index contributed by atoms with van der Waals surface area (Å²) >= 11 is 0. The van der Waals surface area contributed by atoms with E-state index >= 15 is 0 Å². The molecule has 3 aromatic rings. The van der Waals surface area contributed by atoms with Crippen molar-refractivity contribution in [1.29, 1.82) is 0 Å². The highest BCUT2D eigenvalue weighted by Gasteiger charge is 2.27. The van der Waals surface area contributed by atoms with Gasteiger partial charge in [0.15, 0.2) is 0 Å². The summed E-state index contributed by atoms with van der Waals surface area (Å²) in [4.78, 5) is 19.3. The van der Waals surface area contributed by atoms with Gasteiger partial charge in [0.25, 0.3) is 5.91 Å². The molecule has 1 aliphatic heterocycles. The van der Waals surface area contributed by atoms with Crippen molar-refractivity contribution in [2.75, 3.05) is 18.4 Å². The first-order valence-corrected chi connectivity index (χ1v) is 8.77. The molecule has 1 aliphatic rings. The number of nitrogens with zero attached hydrogens (tertiary/aromatic N) is 5. The van der Waals surface area contributed by atoms with Crippen molar-refractivity contribution in [2.45, 2.75) is 13.1 Å². The smallest absolute Gasteiger partial charge is 0.270 e. The first kappa shape index (κ1) is 16.4. The summed E-state index contributed by atoms with van der Waals surface area (Å²) in [6, 6.07) is 11.6. The van der Waals surface area contributed by atoms with E-state index in [1.54, 1.807) is 12.4 Å². The first-order chi connectivity index (χ1) is 12.7. The largest absolute Gasteiger partial charge is 0.370 e. The fraction of sp³-hybridized carbons (Fsp3) is 0.316. The van der Waals surface area contributed by atoms with Crippen LogP contribution in [-0.2, 0) is 20.1 Å². The Hall–Kier alpha value is -3.09. The quantitative estimate of drug-likeness (QED) is 0.781. The number of nitrogens with one attached hydrogen (secondary N) is 1. The number of carbonyl (C=O) groups is 1. The van der Waals surface area contributed by atoms with E-state index in [1.165, 1.54) is 0 Å². The minimum absolute atomic E-state index is 0.0509. The van der Waals surface area contributed by atoms with Crippen molar-refractivity contribution in [2.24, 2.45) is 13.0 Å². The Balaban J connectivity index is 1.53. The number of anilines is 1. The molecule has 0 unspecified atom stereocenters. The van der Waals surface area contributed by atoms with Crippen LogP contribution in [-0.4, -0.2) is 43.2 Å². The Labute approximate surface area is 152 Å². The highest BCUT2D eigenvalue weighted by molar-refractivity contribution is 5.92. The molecule has 3 aromatic heterocycles. The Morgan fingerprint density at radius 3 is 2.88 bits per heavy atom. The van der Waals surface area contributed by atoms with Gasteiger partial charge in [0.1, 0.15) is 11.5 Å². The van der Waals surface area contributed by atoms with Crippen LogP contribution in [0.4, 0.5) is 5.82 Å². The average Bonchev–Trinajstić information content (AvgIpc) is 3.24. The topological polar surface area (TPSA) is 68.0 Å². The van der Waals surface area contributed by atoms with Crippen molar-refractivity contribution in [3.63, 3.8) is 0 Å². The second-order valence-corrected chi connectivity index (χ2v) is 6.66. The Morgan fingerprint density at radius 2 is 2.12 bits per heavy atom. The van der Waals surface area contributed by atoms with Crippen LogP contribution < -0.4 is 5.32 Å². The van der Waals surface area contributed by atoms with E-state index in [0.717, 1.165) is 24.6 Å². The molecule has 4 heterocycles. The van der Waals surface area contributed by atoms with Gasteiger partial charge in [0.2, 0.25) is 0 Å². The second kappa shape index (κ2) is 7.03. The molecular formula is C19H22N6O. The molecule has 0 aliphatic carbocycles. The number of rotatable bonds is 4. The number of amides is 1. The third-order valence-electron chi connectivity index (χ3n) is 4.75. The molecular weight excluding hydrogens is 328 g/mol. The highest BCUT2D eigenvalue weighted by Crippen LogP contribution is 2.19. The maximum Gasteiger partial charge on any atom is 0.270 e. The van der Waals surface area contributed by atoms with Crippen molar-refractivity contribution in [3.8, 4) is 0 Å². The molecule has 26 heavy (non-hydrogen) atoms. The van der Waals surface area contributed by atoms with Crippen LogP contribution in [0, 0.1) is 5.92 Å². The van der Waals surface area contributed by atoms with E-state index in [1.807, 2.05) is 63.8 Å². The van der Waals surface area contributed by atoms with Gasteiger partial charge in [-0.15, -0.1) is 0 Å². The SMILES string of the molecule is Cn1cccc1C(=O)N1Cc2ccnn2C[C@H](CNc2ccccn2)C1. The van der Waals surface area contributed by atoms with Gasteiger partial charge in [-0.1, -0.05) is 6.07 Å². The lowest BCUT2D eigenvalue weighted by atomic mass is 10.1.